The molecular formula is C14H16FN3OS. The first-order valence-electron chi connectivity index (χ1n) is 6.37. The lowest BCUT2D eigenvalue weighted by Crippen LogP contribution is -2.26. The molecule has 1 heterocycles. The maximum absolute atomic E-state index is 13.4. The van der Waals surface area contributed by atoms with Crippen molar-refractivity contribution in [1.82, 2.24) is 10.3 Å². The minimum atomic E-state index is -0.249. The zero-order valence-electron chi connectivity index (χ0n) is 10.9. The molecule has 0 unspecified atom stereocenters. The fraction of sp³-hybridized carbons (Fsp3) is 0.286. The molecule has 20 heavy (non-hydrogen) atoms. The molecule has 3 N–H and O–H groups in total. The number of nitrogens with zero attached hydrogens (tertiary/aromatic N) is 1. The lowest BCUT2D eigenvalue weighted by Gasteiger charge is -2.04. The van der Waals surface area contributed by atoms with Crippen LogP contribution in [0.4, 0.5) is 4.39 Å². The van der Waals surface area contributed by atoms with Gasteiger partial charge < -0.3 is 11.1 Å². The Morgan fingerprint density at radius 1 is 1.35 bits per heavy atom. The Balaban J connectivity index is 1.84. The van der Waals surface area contributed by atoms with E-state index in [1.807, 2.05) is 0 Å². The van der Waals surface area contributed by atoms with E-state index in [9.17, 15) is 9.18 Å². The van der Waals surface area contributed by atoms with E-state index >= 15 is 0 Å². The van der Waals surface area contributed by atoms with Gasteiger partial charge in [0.1, 0.15) is 11.5 Å². The van der Waals surface area contributed by atoms with Crippen molar-refractivity contribution in [2.24, 2.45) is 5.73 Å². The summed E-state index contributed by atoms with van der Waals surface area (Å²) < 4.78 is 13.4. The Hall–Kier alpha value is -1.79. The van der Waals surface area contributed by atoms with Gasteiger partial charge in [0.15, 0.2) is 0 Å². The molecule has 0 saturated carbocycles. The first-order chi connectivity index (χ1) is 9.70. The fourth-order valence-corrected chi connectivity index (χ4v) is 2.55. The minimum absolute atomic E-state index is 0.235. The first kappa shape index (κ1) is 14.6. The first-order valence-corrected chi connectivity index (χ1v) is 7.24. The zero-order valence-corrected chi connectivity index (χ0v) is 11.8. The highest BCUT2D eigenvalue weighted by molar-refractivity contribution is 7.09. The molecule has 6 heteroatoms. The number of carbonyl (C=O) groups is 1. The van der Waals surface area contributed by atoms with Crippen molar-refractivity contribution in [2.45, 2.75) is 12.8 Å². The van der Waals surface area contributed by atoms with Crippen molar-refractivity contribution >= 4 is 17.2 Å². The van der Waals surface area contributed by atoms with E-state index in [0.717, 1.165) is 5.01 Å². The summed E-state index contributed by atoms with van der Waals surface area (Å²) in [6, 6.07) is 6.55. The largest absolute Gasteiger partial charge is 0.350 e. The van der Waals surface area contributed by atoms with Gasteiger partial charge in [-0.1, -0.05) is 18.2 Å². The summed E-state index contributed by atoms with van der Waals surface area (Å²) in [6.07, 6.45) is 1.13. The van der Waals surface area contributed by atoms with Gasteiger partial charge in [0.25, 0.3) is 5.91 Å². The Bertz CT molecular complexity index is 585. The molecule has 0 aliphatic carbocycles. The van der Waals surface area contributed by atoms with E-state index in [1.54, 1.807) is 23.6 Å². The molecular weight excluding hydrogens is 277 g/mol. The lowest BCUT2D eigenvalue weighted by molar-refractivity contribution is 0.0949. The second-order valence-corrected chi connectivity index (χ2v) is 5.21. The maximum atomic E-state index is 13.4. The van der Waals surface area contributed by atoms with Crippen LogP contribution in [0.1, 0.15) is 21.1 Å². The molecule has 0 spiro atoms. The third-order valence-electron chi connectivity index (χ3n) is 2.78. The number of aromatic nitrogens is 1. The van der Waals surface area contributed by atoms with Crippen LogP contribution in [-0.4, -0.2) is 24.0 Å². The van der Waals surface area contributed by atoms with E-state index in [2.05, 4.69) is 10.3 Å². The molecule has 4 nitrogen and oxygen atoms in total. The molecule has 1 amide bonds. The van der Waals surface area contributed by atoms with Gasteiger partial charge in [0.2, 0.25) is 0 Å². The molecule has 1 aromatic heterocycles. The van der Waals surface area contributed by atoms with Crippen molar-refractivity contribution in [1.29, 1.82) is 0 Å². The van der Waals surface area contributed by atoms with Crippen LogP contribution in [0.15, 0.2) is 29.6 Å². The Labute approximate surface area is 120 Å². The SMILES string of the molecule is NCCc1nc(C(=O)NCCc2ccccc2F)cs1. The summed E-state index contributed by atoms with van der Waals surface area (Å²) in [5.74, 6) is -0.485. The zero-order chi connectivity index (χ0) is 14.4. The number of nitrogens with two attached hydrogens (primary N) is 1. The summed E-state index contributed by atoms with van der Waals surface area (Å²) in [7, 11) is 0. The average Bonchev–Trinajstić information content (AvgIpc) is 2.90. The van der Waals surface area contributed by atoms with Crippen LogP contribution in [-0.2, 0) is 12.8 Å². The van der Waals surface area contributed by atoms with Crippen LogP contribution in [0.5, 0.6) is 0 Å². The average molecular weight is 293 g/mol. The third kappa shape index (κ3) is 3.85. The number of carbonyl (C=O) groups excluding carboxylic acids is 1. The topological polar surface area (TPSA) is 68.0 Å². The molecule has 0 aliphatic rings. The summed E-state index contributed by atoms with van der Waals surface area (Å²) in [4.78, 5) is 16.0. The number of benzene rings is 1. The molecule has 0 bridgehead atoms. The van der Waals surface area contributed by atoms with E-state index in [1.165, 1.54) is 17.4 Å². The van der Waals surface area contributed by atoms with Crippen molar-refractivity contribution in [3.8, 4) is 0 Å². The summed E-state index contributed by atoms with van der Waals surface area (Å²) in [5.41, 5.74) is 6.42. The fourth-order valence-electron chi connectivity index (χ4n) is 1.76. The number of hydrogen-bond donors (Lipinski definition) is 2. The van der Waals surface area contributed by atoms with Crippen molar-refractivity contribution in [3.05, 3.63) is 51.7 Å². The number of amides is 1. The van der Waals surface area contributed by atoms with Gasteiger partial charge in [-0.05, 0) is 24.6 Å². The summed E-state index contributed by atoms with van der Waals surface area (Å²) >= 11 is 1.42. The summed E-state index contributed by atoms with van der Waals surface area (Å²) in [5, 5.41) is 5.30. The number of halogens is 1. The molecule has 0 fully saturated rings. The molecule has 2 rings (SSSR count). The molecule has 1 aromatic carbocycles. The van der Waals surface area contributed by atoms with Crippen LogP contribution < -0.4 is 11.1 Å². The van der Waals surface area contributed by atoms with Crippen molar-refractivity contribution in [3.63, 3.8) is 0 Å². The van der Waals surface area contributed by atoms with E-state index in [-0.39, 0.29) is 11.7 Å². The second kappa shape index (κ2) is 7.12. The van der Waals surface area contributed by atoms with Crippen LogP contribution in [0.25, 0.3) is 0 Å². The predicted octanol–water partition coefficient (Wildman–Crippen LogP) is 1.76. The van der Waals surface area contributed by atoms with Gasteiger partial charge in [0.05, 0.1) is 5.01 Å². The predicted molar refractivity (Wildman–Crippen MR) is 77.3 cm³/mol. The molecule has 0 radical (unpaired) electrons. The van der Waals surface area contributed by atoms with Gasteiger partial charge >= 0.3 is 0 Å². The van der Waals surface area contributed by atoms with Crippen molar-refractivity contribution in [2.75, 3.05) is 13.1 Å². The highest BCUT2D eigenvalue weighted by Gasteiger charge is 2.10. The van der Waals surface area contributed by atoms with Crippen LogP contribution in [0, 0.1) is 5.82 Å². The second-order valence-electron chi connectivity index (χ2n) is 4.26. The van der Waals surface area contributed by atoms with Gasteiger partial charge in [-0.2, -0.15) is 0 Å². The summed E-state index contributed by atoms with van der Waals surface area (Å²) in [6.45, 7) is 0.894. The standard InChI is InChI=1S/C14H16FN3OS/c15-11-4-2-1-3-10(11)6-8-17-14(19)12-9-20-13(18-12)5-7-16/h1-4,9H,5-8,16H2,(H,17,19). The molecule has 2 aromatic rings. The number of nitrogens with one attached hydrogen (secondary N) is 1. The molecule has 106 valence electrons. The normalized spacial score (nSPS) is 10.5. The Morgan fingerprint density at radius 2 is 2.15 bits per heavy atom. The van der Waals surface area contributed by atoms with Gasteiger partial charge in [-0.15, -0.1) is 11.3 Å². The molecule has 0 atom stereocenters. The van der Waals surface area contributed by atoms with E-state index in [0.29, 0.717) is 37.2 Å². The monoisotopic (exact) mass is 293 g/mol. The Kier molecular flexibility index (Phi) is 5.20. The quantitative estimate of drug-likeness (QED) is 0.852. The third-order valence-corrected chi connectivity index (χ3v) is 3.69. The van der Waals surface area contributed by atoms with Gasteiger partial charge in [0, 0.05) is 18.3 Å². The van der Waals surface area contributed by atoms with Crippen LogP contribution in [0.3, 0.4) is 0 Å². The van der Waals surface area contributed by atoms with Crippen LogP contribution in [0.2, 0.25) is 0 Å². The minimum Gasteiger partial charge on any atom is -0.350 e. The maximum Gasteiger partial charge on any atom is 0.270 e. The van der Waals surface area contributed by atoms with E-state index in [4.69, 9.17) is 5.73 Å². The Morgan fingerprint density at radius 3 is 2.90 bits per heavy atom. The smallest absolute Gasteiger partial charge is 0.270 e. The number of hydrogen-bond acceptors (Lipinski definition) is 4. The lowest BCUT2D eigenvalue weighted by atomic mass is 10.1. The highest BCUT2D eigenvalue weighted by Crippen LogP contribution is 2.10. The number of thiazole rings is 1. The van der Waals surface area contributed by atoms with E-state index < -0.39 is 0 Å². The molecule has 0 aliphatic heterocycles. The highest BCUT2D eigenvalue weighted by atomic mass is 32.1. The van der Waals surface area contributed by atoms with Crippen molar-refractivity contribution < 1.29 is 9.18 Å². The molecule has 0 saturated heterocycles. The number of rotatable bonds is 6. The van der Waals surface area contributed by atoms with Gasteiger partial charge in [-0.3, -0.25) is 4.79 Å². The van der Waals surface area contributed by atoms with Gasteiger partial charge in [-0.25, -0.2) is 9.37 Å². The van der Waals surface area contributed by atoms with Crippen LogP contribution >= 0.6 is 11.3 Å².